The zero-order valence-corrected chi connectivity index (χ0v) is 10.8. The normalized spacial score (nSPS) is 18.4. The molecule has 0 bridgehead atoms. The summed E-state index contributed by atoms with van der Waals surface area (Å²) in [5, 5.41) is 0. The lowest BCUT2D eigenvalue weighted by Gasteiger charge is -2.34. The number of piperazine rings is 1. The molecular formula is C10H16N4O2S. The minimum atomic E-state index is -3.07. The van der Waals surface area contributed by atoms with Crippen molar-refractivity contribution >= 4 is 15.8 Å². The molecule has 1 aliphatic rings. The van der Waals surface area contributed by atoms with Gasteiger partial charge < -0.3 is 4.90 Å². The Morgan fingerprint density at radius 3 is 2.24 bits per heavy atom. The molecule has 0 aliphatic carbocycles. The fourth-order valence-electron chi connectivity index (χ4n) is 1.94. The van der Waals surface area contributed by atoms with Crippen LogP contribution in [0.15, 0.2) is 12.4 Å². The maximum Gasteiger partial charge on any atom is 0.211 e. The molecule has 0 atom stereocenters. The lowest BCUT2D eigenvalue weighted by molar-refractivity contribution is 0.386. The standard InChI is InChI=1S/C10H16N4O2S/c1-9-10(12-4-3-11-9)13-5-7-14(8-6-13)17(2,15)16/h3-4H,5-8H2,1-2H3. The van der Waals surface area contributed by atoms with E-state index in [4.69, 9.17) is 0 Å². The summed E-state index contributed by atoms with van der Waals surface area (Å²) in [5.74, 6) is 0.848. The number of sulfonamides is 1. The molecule has 1 aliphatic heterocycles. The van der Waals surface area contributed by atoms with Crippen molar-refractivity contribution in [1.29, 1.82) is 0 Å². The molecule has 1 saturated heterocycles. The first-order valence-electron chi connectivity index (χ1n) is 5.46. The summed E-state index contributed by atoms with van der Waals surface area (Å²) in [4.78, 5) is 10.5. The van der Waals surface area contributed by atoms with E-state index in [1.807, 2.05) is 6.92 Å². The Kier molecular flexibility index (Phi) is 3.30. The van der Waals surface area contributed by atoms with Crippen molar-refractivity contribution in [3.8, 4) is 0 Å². The van der Waals surface area contributed by atoms with Crippen LogP contribution in [0.3, 0.4) is 0 Å². The Morgan fingerprint density at radius 2 is 1.71 bits per heavy atom. The molecule has 0 spiro atoms. The van der Waals surface area contributed by atoms with Gasteiger partial charge in [0.2, 0.25) is 10.0 Å². The van der Waals surface area contributed by atoms with E-state index in [9.17, 15) is 8.42 Å². The number of aromatic nitrogens is 2. The second-order valence-corrected chi connectivity index (χ2v) is 6.10. The average molecular weight is 256 g/mol. The third kappa shape index (κ3) is 2.73. The molecule has 1 fully saturated rings. The zero-order chi connectivity index (χ0) is 12.5. The third-order valence-electron chi connectivity index (χ3n) is 2.86. The van der Waals surface area contributed by atoms with Gasteiger partial charge in [0, 0.05) is 38.6 Å². The molecule has 0 unspecified atom stereocenters. The van der Waals surface area contributed by atoms with Gasteiger partial charge in [-0.3, -0.25) is 4.98 Å². The summed E-state index contributed by atoms with van der Waals surface area (Å²) in [6.45, 7) is 4.24. The minimum absolute atomic E-state index is 0.509. The van der Waals surface area contributed by atoms with Gasteiger partial charge in [-0.05, 0) is 6.92 Å². The van der Waals surface area contributed by atoms with Gasteiger partial charge in [-0.2, -0.15) is 4.31 Å². The van der Waals surface area contributed by atoms with Crippen LogP contribution >= 0.6 is 0 Å². The van der Waals surface area contributed by atoms with E-state index in [1.54, 1.807) is 12.4 Å². The van der Waals surface area contributed by atoms with Crippen LogP contribution in [-0.2, 0) is 10.0 Å². The molecule has 0 N–H and O–H groups in total. The van der Waals surface area contributed by atoms with Crippen LogP contribution in [0.25, 0.3) is 0 Å². The van der Waals surface area contributed by atoms with Crippen LogP contribution in [0.4, 0.5) is 5.82 Å². The number of hydrogen-bond donors (Lipinski definition) is 0. The van der Waals surface area contributed by atoms with Crippen molar-refractivity contribution in [2.24, 2.45) is 0 Å². The van der Waals surface area contributed by atoms with E-state index >= 15 is 0 Å². The summed E-state index contributed by atoms with van der Waals surface area (Å²) in [6, 6.07) is 0. The second kappa shape index (κ2) is 4.58. The van der Waals surface area contributed by atoms with E-state index < -0.39 is 10.0 Å². The van der Waals surface area contributed by atoms with Crippen molar-refractivity contribution in [2.75, 3.05) is 37.3 Å². The molecular weight excluding hydrogens is 240 g/mol. The van der Waals surface area contributed by atoms with E-state index in [0.29, 0.717) is 26.2 Å². The van der Waals surface area contributed by atoms with Crippen LogP contribution in [0, 0.1) is 6.92 Å². The fraction of sp³-hybridized carbons (Fsp3) is 0.600. The van der Waals surface area contributed by atoms with Crippen LogP contribution < -0.4 is 4.90 Å². The minimum Gasteiger partial charge on any atom is -0.352 e. The molecule has 17 heavy (non-hydrogen) atoms. The van der Waals surface area contributed by atoms with Gasteiger partial charge in [0.25, 0.3) is 0 Å². The number of aryl methyl sites for hydroxylation is 1. The largest absolute Gasteiger partial charge is 0.352 e. The summed E-state index contributed by atoms with van der Waals surface area (Å²) in [5.41, 5.74) is 0.875. The topological polar surface area (TPSA) is 66.4 Å². The molecule has 2 heterocycles. The van der Waals surface area contributed by atoms with Crippen LogP contribution in [0.1, 0.15) is 5.69 Å². The predicted molar refractivity (Wildman–Crippen MR) is 65.4 cm³/mol. The van der Waals surface area contributed by atoms with E-state index in [0.717, 1.165) is 11.5 Å². The Morgan fingerprint density at radius 1 is 1.12 bits per heavy atom. The number of anilines is 1. The summed E-state index contributed by atoms with van der Waals surface area (Å²) in [7, 11) is -3.07. The summed E-state index contributed by atoms with van der Waals surface area (Å²) < 4.78 is 24.2. The molecule has 7 heteroatoms. The first kappa shape index (κ1) is 12.3. The average Bonchev–Trinajstić information content (AvgIpc) is 2.29. The SMILES string of the molecule is Cc1nccnc1N1CCN(S(C)(=O)=O)CC1. The van der Waals surface area contributed by atoms with Crippen LogP contribution in [0.2, 0.25) is 0 Å². The Balaban J connectivity index is 2.08. The van der Waals surface area contributed by atoms with Gasteiger partial charge in [-0.25, -0.2) is 13.4 Å². The van der Waals surface area contributed by atoms with Crippen molar-refractivity contribution in [3.63, 3.8) is 0 Å². The Labute approximate surface area is 101 Å². The molecule has 0 saturated carbocycles. The van der Waals surface area contributed by atoms with Crippen molar-refractivity contribution < 1.29 is 8.42 Å². The van der Waals surface area contributed by atoms with Crippen LogP contribution in [0.5, 0.6) is 0 Å². The fourth-order valence-corrected chi connectivity index (χ4v) is 2.77. The smallest absolute Gasteiger partial charge is 0.211 e. The van der Waals surface area contributed by atoms with Gasteiger partial charge in [-0.1, -0.05) is 0 Å². The highest BCUT2D eigenvalue weighted by Crippen LogP contribution is 2.16. The van der Waals surface area contributed by atoms with Crippen molar-refractivity contribution in [3.05, 3.63) is 18.1 Å². The molecule has 1 aromatic rings. The predicted octanol–water partition coefficient (Wildman–Crippen LogP) is -0.133. The first-order chi connectivity index (χ1) is 7.98. The van der Waals surface area contributed by atoms with Gasteiger partial charge in [0.15, 0.2) is 0 Å². The van der Waals surface area contributed by atoms with E-state index in [-0.39, 0.29) is 0 Å². The molecule has 0 amide bonds. The maximum absolute atomic E-state index is 11.4. The second-order valence-electron chi connectivity index (χ2n) is 4.11. The highest BCUT2D eigenvalue weighted by atomic mass is 32.2. The molecule has 0 aromatic carbocycles. The lowest BCUT2D eigenvalue weighted by atomic mass is 10.3. The molecule has 94 valence electrons. The first-order valence-corrected chi connectivity index (χ1v) is 7.31. The molecule has 2 rings (SSSR count). The summed E-state index contributed by atoms with van der Waals surface area (Å²) >= 11 is 0. The zero-order valence-electron chi connectivity index (χ0n) is 10.00. The van der Waals surface area contributed by atoms with Crippen LogP contribution in [-0.4, -0.2) is 55.1 Å². The highest BCUT2D eigenvalue weighted by Gasteiger charge is 2.24. The Hall–Kier alpha value is -1.21. The van der Waals surface area contributed by atoms with Gasteiger partial charge in [0.1, 0.15) is 5.82 Å². The number of rotatable bonds is 2. The van der Waals surface area contributed by atoms with Crippen molar-refractivity contribution in [2.45, 2.75) is 6.92 Å². The maximum atomic E-state index is 11.4. The van der Waals surface area contributed by atoms with Gasteiger partial charge in [0.05, 0.1) is 11.9 Å². The Bertz CT molecular complexity index is 495. The van der Waals surface area contributed by atoms with E-state index in [2.05, 4.69) is 14.9 Å². The van der Waals surface area contributed by atoms with Crippen molar-refractivity contribution in [1.82, 2.24) is 14.3 Å². The number of hydrogen-bond acceptors (Lipinski definition) is 5. The third-order valence-corrected chi connectivity index (χ3v) is 4.17. The van der Waals surface area contributed by atoms with Gasteiger partial charge in [-0.15, -0.1) is 0 Å². The summed E-state index contributed by atoms with van der Waals surface area (Å²) in [6.07, 6.45) is 4.56. The lowest BCUT2D eigenvalue weighted by Crippen LogP contribution is -2.48. The highest BCUT2D eigenvalue weighted by molar-refractivity contribution is 7.88. The van der Waals surface area contributed by atoms with Gasteiger partial charge >= 0.3 is 0 Å². The molecule has 1 aromatic heterocycles. The quantitative estimate of drug-likeness (QED) is 0.737. The molecule has 0 radical (unpaired) electrons. The molecule has 6 nitrogen and oxygen atoms in total. The monoisotopic (exact) mass is 256 g/mol. The van der Waals surface area contributed by atoms with E-state index in [1.165, 1.54) is 10.6 Å². The number of nitrogens with zero attached hydrogens (tertiary/aromatic N) is 4.